The molecule has 0 aromatic carbocycles. The van der Waals surface area contributed by atoms with Gasteiger partial charge in [0.25, 0.3) is 0 Å². The second-order valence-electron chi connectivity index (χ2n) is 4.86. The zero-order valence-electron chi connectivity index (χ0n) is 13.0. The smallest absolute Gasteiger partial charge is 0.302 e. The zero-order valence-corrected chi connectivity index (χ0v) is 13.9. The standard InChI is InChI=1S/C9H6F15O4P/c1-2-27-29(25,26)28-9(23,24)7(18,19)5(14,15)3(10,11)4(12,13)6(16,17)8(20,21)22/h2H2,1H3,(H,25,26). The summed E-state index contributed by atoms with van der Waals surface area (Å²) in [6, 6.07) is 0. The fourth-order valence-electron chi connectivity index (χ4n) is 1.34. The lowest BCUT2D eigenvalue weighted by molar-refractivity contribution is -0.466. The lowest BCUT2D eigenvalue weighted by atomic mass is 9.93. The molecule has 4 nitrogen and oxygen atoms in total. The number of hydrogen-bond donors (Lipinski definition) is 1. The molecule has 176 valence electrons. The Morgan fingerprint density at radius 2 is 0.966 bits per heavy atom. The van der Waals surface area contributed by atoms with E-state index in [1.165, 1.54) is 0 Å². The minimum Gasteiger partial charge on any atom is -0.302 e. The van der Waals surface area contributed by atoms with E-state index >= 15 is 0 Å². The van der Waals surface area contributed by atoms with Crippen molar-refractivity contribution in [2.75, 3.05) is 6.61 Å². The van der Waals surface area contributed by atoms with E-state index in [1.807, 2.05) is 0 Å². The van der Waals surface area contributed by atoms with Crippen LogP contribution in [0.4, 0.5) is 65.9 Å². The van der Waals surface area contributed by atoms with E-state index in [4.69, 9.17) is 4.89 Å². The molecule has 1 unspecified atom stereocenters. The van der Waals surface area contributed by atoms with Gasteiger partial charge < -0.3 is 4.89 Å². The Hall–Kier alpha value is -0.940. The average molecular weight is 494 g/mol. The first-order chi connectivity index (χ1) is 12.3. The number of rotatable bonds is 9. The molecule has 0 heterocycles. The van der Waals surface area contributed by atoms with E-state index in [0.29, 0.717) is 6.92 Å². The number of phosphoric acid groups is 1. The highest BCUT2D eigenvalue weighted by Gasteiger charge is 2.94. The molecule has 0 amide bonds. The Morgan fingerprint density at radius 3 is 1.28 bits per heavy atom. The second kappa shape index (κ2) is 7.33. The quantitative estimate of drug-likeness (QED) is 0.341. The van der Waals surface area contributed by atoms with Crippen LogP contribution in [0.2, 0.25) is 0 Å². The molecule has 0 aliphatic rings. The number of phosphoric ester groups is 1. The van der Waals surface area contributed by atoms with Crippen LogP contribution in [-0.2, 0) is 13.6 Å². The van der Waals surface area contributed by atoms with E-state index in [9.17, 15) is 70.4 Å². The topological polar surface area (TPSA) is 55.8 Å². The third-order valence-electron chi connectivity index (χ3n) is 2.82. The fourth-order valence-corrected chi connectivity index (χ4v) is 2.13. The second-order valence-corrected chi connectivity index (χ2v) is 6.24. The molecule has 0 aromatic rings. The van der Waals surface area contributed by atoms with Crippen molar-refractivity contribution < 1.29 is 84.4 Å². The van der Waals surface area contributed by atoms with Crippen LogP contribution in [0.5, 0.6) is 0 Å². The van der Waals surface area contributed by atoms with Gasteiger partial charge in [-0.15, -0.1) is 0 Å². The van der Waals surface area contributed by atoms with Gasteiger partial charge in [-0.3, -0.25) is 4.52 Å². The van der Waals surface area contributed by atoms with E-state index < -0.39 is 56.3 Å². The van der Waals surface area contributed by atoms with Crippen LogP contribution in [-0.4, -0.2) is 53.4 Å². The maximum atomic E-state index is 13.2. The molecule has 0 aliphatic carbocycles. The Morgan fingerprint density at radius 1 is 0.655 bits per heavy atom. The van der Waals surface area contributed by atoms with Gasteiger partial charge in [0.1, 0.15) is 0 Å². The van der Waals surface area contributed by atoms with Crippen LogP contribution >= 0.6 is 7.82 Å². The summed E-state index contributed by atoms with van der Waals surface area (Å²) in [5.41, 5.74) is 0. The molecule has 0 aliphatic heterocycles. The van der Waals surface area contributed by atoms with Gasteiger partial charge in [-0.1, -0.05) is 0 Å². The van der Waals surface area contributed by atoms with Crippen molar-refractivity contribution in [3.63, 3.8) is 0 Å². The summed E-state index contributed by atoms with van der Waals surface area (Å²) in [6.45, 7) is -0.428. The zero-order chi connectivity index (χ0) is 24.1. The van der Waals surface area contributed by atoms with E-state index in [1.54, 1.807) is 0 Å². The van der Waals surface area contributed by atoms with Crippen molar-refractivity contribution in [1.29, 1.82) is 0 Å². The van der Waals surface area contributed by atoms with Crippen LogP contribution in [0, 0.1) is 0 Å². The van der Waals surface area contributed by atoms with E-state index in [2.05, 4.69) is 9.05 Å². The molecule has 29 heavy (non-hydrogen) atoms. The van der Waals surface area contributed by atoms with Gasteiger partial charge in [0, 0.05) is 0 Å². The predicted octanol–water partition coefficient (Wildman–Crippen LogP) is 5.47. The highest BCUT2D eigenvalue weighted by Crippen LogP contribution is 2.64. The maximum absolute atomic E-state index is 13.2. The molecule has 20 heteroatoms. The highest BCUT2D eigenvalue weighted by molar-refractivity contribution is 7.47. The molecule has 0 rings (SSSR count). The summed E-state index contributed by atoms with van der Waals surface area (Å²) in [6.07, 6.45) is -15.0. The molecule has 0 spiro atoms. The Balaban J connectivity index is 6.47. The normalized spacial score (nSPS) is 18.0. The SMILES string of the molecule is CCOP(=O)(O)OC(F)(F)C(F)(F)C(F)(F)C(F)(F)C(F)(F)C(F)(F)C(F)(F)F. The Labute approximate surface area is 149 Å². The molecule has 0 fully saturated rings. The highest BCUT2D eigenvalue weighted by atomic mass is 31.2. The molecule has 0 aromatic heterocycles. The molecule has 0 saturated heterocycles. The third kappa shape index (κ3) is 4.27. The van der Waals surface area contributed by atoms with Crippen molar-refractivity contribution in [2.24, 2.45) is 0 Å². The molecular formula is C9H6F15O4P. The molecule has 0 radical (unpaired) electrons. The van der Waals surface area contributed by atoms with Gasteiger partial charge in [0.2, 0.25) is 0 Å². The molecule has 1 atom stereocenters. The monoisotopic (exact) mass is 494 g/mol. The number of halogens is 15. The largest absolute Gasteiger partial charge is 0.477 e. The maximum Gasteiger partial charge on any atom is 0.477 e. The first-order valence-corrected chi connectivity index (χ1v) is 7.78. The van der Waals surface area contributed by atoms with Crippen molar-refractivity contribution in [3.05, 3.63) is 0 Å². The van der Waals surface area contributed by atoms with Crippen LogP contribution in [0.1, 0.15) is 6.92 Å². The number of hydrogen-bond acceptors (Lipinski definition) is 3. The Kier molecular flexibility index (Phi) is 7.10. The van der Waals surface area contributed by atoms with Crippen LogP contribution < -0.4 is 0 Å². The van der Waals surface area contributed by atoms with Crippen LogP contribution in [0.15, 0.2) is 0 Å². The average Bonchev–Trinajstić information content (AvgIpc) is 2.43. The van der Waals surface area contributed by atoms with Gasteiger partial charge in [0.15, 0.2) is 0 Å². The lowest BCUT2D eigenvalue weighted by Crippen LogP contribution is -2.72. The van der Waals surface area contributed by atoms with Crippen molar-refractivity contribution in [2.45, 2.75) is 48.8 Å². The molecule has 0 bridgehead atoms. The summed E-state index contributed by atoms with van der Waals surface area (Å²) >= 11 is 0. The summed E-state index contributed by atoms with van der Waals surface area (Å²) in [5.74, 6) is -41.5. The minimum absolute atomic E-state index is 0.699. The first kappa shape index (κ1) is 28.1. The lowest BCUT2D eigenvalue weighted by Gasteiger charge is -2.41. The Bertz CT molecular complexity index is 642. The summed E-state index contributed by atoms with van der Waals surface area (Å²) in [7, 11) is -6.46. The van der Waals surface area contributed by atoms with Crippen LogP contribution in [0.25, 0.3) is 0 Å². The predicted molar refractivity (Wildman–Crippen MR) is 58.3 cm³/mol. The van der Waals surface area contributed by atoms with Gasteiger partial charge in [-0.25, -0.2) is 9.09 Å². The van der Waals surface area contributed by atoms with Crippen molar-refractivity contribution >= 4 is 7.82 Å². The van der Waals surface area contributed by atoms with E-state index in [0.717, 1.165) is 0 Å². The van der Waals surface area contributed by atoms with Gasteiger partial charge >= 0.3 is 49.7 Å². The van der Waals surface area contributed by atoms with Crippen molar-refractivity contribution in [1.82, 2.24) is 0 Å². The molecular weight excluding hydrogens is 488 g/mol. The van der Waals surface area contributed by atoms with E-state index in [-0.39, 0.29) is 0 Å². The van der Waals surface area contributed by atoms with Gasteiger partial charge in [-0.05, 0) is 6.92 Å². The van der Waals surface area contributed by atoms with Crippen LogP contribution in [0.3, 0.4) is 0 Å². The van der Waals surface area contributed by atoms with Gasteiger partial charge in [-0.2, -0.15) is 65.9 Å². The summed E-state index contributed by atoms with van der Waals surface area (Å²) in [5, 5.41) is 0. The third-order valence-corrected chi connectivity index (χ3v) is 3.87. The molecule has 1 N–H and O–H groups in total. The molecule has 0 saturated carbocycles. The van der Waals surface area contributed by atoms with Gasteiger partial charge in [0.05, 0.1) is 6.61 Å². The summed E-state index contributed by atoms with van der Waals surface area (Å²) < 4.78 is 208. The fraction of sp³-hybridized carbons (Fsp3) is 1.00. The number of alkyl halides is 15. The van der Waals surface area contributed by atoms with Crippen molar-refractivity contribution in [3.8, 4) is 0 Å². The summed E-state index contributed by atoms with van der Waals surface area (Å²) in [4.78, 5) is 8.53. The minimum atomic E-state index is -8.51. The first-order valence-electron chi connectivity index (χ1n) is 6.28.